The van der Waals surface area contributed by atoms with E-state index in [1.54, 1.807) is 28.5 Å². The third-order valence-electron chi connectivity index (χ3n) is 5.42. The number of carbonyl (C=O) groups is 2. The number of rotatable bonds is 6. The summed E-state index contributed by atoms with van der Waals surface area (Å²) in [6.07, 6.45) is 1.18. The number of nitrogens with one attached hydrogen (secondary N) is 2. The second kappa shape index (κ2) is 10.2. The molecule has 2 amide bonds. The number of thiazole rings is 1. The van der Waals surface area contributed by atoms with Crippen LogP contribution < -0.4 is 10.3 Å². The van der Waals surface area contributed by atoms with E-state index >= 15 is 0 Å². The number of likely N-dealkylation sites (tertiary alicyclic amines) is 1. The standard InChI is InChI=1S/C22H20ClFN4O4S2/c23-16-7-4-8-17(24)19(16)22(30)28-11-9-14(10-12-28)21-25-18(13-33-21)20(29)26-27-34(31,32)15-5-2-1-3-6-15/h1-8,13-14,27H,9-12H2,(H,26,29). The Kier molecular flexibility index (Phi) is 7.27. The largest absolute Gasteiger partial charge is 0.338 e. The van der Waals surface area contributed by atoms with Crippen molar-refractivity contribution in [3.63, 3.8) is 0 Å². The molecular formula is C22H20ClFN4O4S2. The first kappa shape index (κ1) is 24.3. The van der Waals surface area contributed by atoms with E-state index in [1.807, 2.05) is 0 Å². The van der Waals surface area contributed by atoms with Crippen LogP contribution in [-0.4, -0.2) is 43.2 Å². The predicted octanol–water partition coefficient (Wildman–Crippen LogP) is 3.58. The van der Waals surface area contributed by atoms with Crippen molar-refractivity contribution in [3.8, 4) is 0 Å². The Morgan fingerprint density at radius 3 is 2.47 bits per heavy atom. The van der Waals surface area contributed by atoms with Crippen LogP contribution in [0.2, 0.25) is 5.02 Å². The van der Waals surface area contributed by atoms with Crippen LogP contribution >= 0.6 is 22.9 Å². The van der Waals surface area contributed by atoms with Crippen LogP contribution in [0.15, 0.2) is 58.8 Å². The highest BCUT2D eigenvalue weighted by atomic mass is 35.5. The number of hydrogen-bond acceptors (Lipinski definition) is 6. The quantitative estimate of drug-likeness (QED) is 0.481. The predicted molar refractivity (Wildman–Crippen MR) is 126 cm³/mol. The summed E-state index contributed by atoms with van der Waals surface area (Å²) in [5, 5.41) is 2.34. The van der Waals surface area contributed by atoms with Gasteiger partial charge in [-0.2, -0.15) is 0 Å². The van der Waals surface area contributed by atoms with Crippen molar-refractivity contribution in [2.45, 2.75) is 23.7 Å². The van der Waals surface area contributed by atoms with Gasteiger partial charge in [0.1, 0.15) is 11.5 Å². The highest BCUT2D eigenvalue weighted by Crippen LogP contribution is 2.31. The van der Waals surface area contributed by atoms with Gasteiger partial charge in [0.05, 0.1) is 20.5 Å². The lowest BCUT2D eigenvalue weighted by Crippen LogP contribution is -2.41. The molecule has 8 nitrogen and oxygen atoms in total. The smallest absolute Gasteiger partial charge is 0.285 e. The van der Waals surface area contributed by atoms with Crippen molar-refractivity contribution in [2.75, 3.05) is 13.1 Å². The second-order valence-corrected chi connectivity index (χ2v) is 10.6. The molecule has 0 spiro atoms. The summed E-state index contributed by atoms with van der Waals surface area (Å²) < 4.78 is 38.6. The number of hydrogen-bond donors (Lipinski definition) is 2. The topological polar surface area (TPSA) is 108 Å². The highest BCUT2D eigenvalue weighted by Gasteiger charge is 2.29. The van der Waals surface area contributed by atoms with E-state index in [0.29, 0.717) is 30.9 Å². The average Bonchev–Trinajstić information content (AvgIpc) is 3.33. The molecule has 0 atom stereocenters. The Balaban J connectivity index is 1.34. The molecule has 1 aliphatic heterocycles. The molecule has 178 valence electrons. The molecule has 34 heavy (non-hydrogen) atoms. The van der Waals surface area contributed by atoms with Gasteiger partial charge in [-0.05, 0) is 37.1 Å². The molecule has 2 heterocycles. The van der Waals surface area contributed by atoms with Gasteiger partial charge in [-0.1, -0.05) is 35.9 Å². The van der Waals surface area contributed by atoms with Crippen LogP contribution in [0, 0.1) is 5.82 Å². The van der Waals surface area contributed by atoms with Crippen molar-refractivity contribution in [3.05, 3.63) is 81.0 Å². The molecule has 0 unspecified atom stereocenters. The minimum absolute atomic E-state index is 0.0206. The van der Waals surface area contributed by atoms with Gasteiger partial charge < -0.3 is 4.90 Å². The molecule has 1 aromatic heterocycles. The Bertz CT molecular complexity index is 1290. The van der Waals surface area contributed by atoms with E-state index in [1.165, 1.54) is 41.7 Å². The molecule has 1 aliphatic rings. The Morgan fingerprint density at radius 1 is 1.09 bits per heavy atom. The minimum Gasteiger partial charge on any atom is -0.338 e. The van der Waals surface area contributed by atoms with Crippen molar-refractivity contribution >= 4 is 44.8 Å². The molecule has 2 aromatic carbocycles. The third-order valence-corrected chi connectivity index (χ3v) is 8.00. The molecule has 4 rings (SSSR count). The SMILES string of the molecule is O=C(NNS(=O)(=O)c1ccccc1)c1csc(C2CCN(C(=O)c3c(F)cccc3Cl)CC2)n1. The van der Waals surface area contributed by atoms with E-state index in [2.05, 4.69) is 15.2 Å². The van der Waals surface area contributed by atoms with Crippen molar-refractivity contribution in [1.82, 2.24) is 20.1 Å². The first-order valence-electron chi connectivity index (χ1n) is 10.3. The van der Waals surface area contributed by atoms with Gasteiger partial charge in [-0.25, -0.2) is 17.8 Å². The molecule has 12 heteroatoms. The first-order chi connectivity index (χ1) is 16.3. The van der Waals surface area contributed by atoms with Crippen molar-refractivity contribution in [1.29, 1.82) is 0 Å². The minimum atomic E-state index is -3.90. The number of halogens is 2. The Hall–Kier alpha value is -2.86. The molecule has 0 saturated carbocycles. The summed E-state index contributed by atoms with van der Waals surface area (Å²) in [6.45, 7) is 0.790. The van der Waals surface area contributed by atoms with Gasteiger partial charge in [0, 0.05) is 24.4 Å². The Morgan fingerprint density at radius 2 is 1.79 bits per heavy atom. The summed E-state index contributed by atoms with van der Waals surface area (Å²) in [7, 11) is -3.90. The van der Waals surface area contributed by atoms with Crippen LogP contribution in [0.3, 0.4) is 0 Å². The number of carbonyl (C=O) groups excluding carboxylic acids is 2. The van der Waals surface area contributed by atoms with E-state index in [4.69, 9.17) is 11.6 Å². The lowest BCUT2D eigenvalue weighted by molar-refractivity contribution is 0.0708. The molecule has 0 aliphatic carbocycles. The summed E-state index contributed by atoms with van der Waals surface area (Å²) in [6, 6.07) is 11.8. The van der Waals surface area contributed by atoms with E-state index in [0.717, 1.165) is 0 Å². The van der Waals surface area contributed by atoms with Gasteiger partial charge >= 0.3 is 0 Å². The molecule has 3 aromatic rings. The molecular weight excluding hydrogens is 503 g/mol. The van der Waals surface area contributed by atoms with Crippen LogP contribution in [0.1, 0.15) is 44.6 Å². The third kappa shape index (κ3) is 5.27. The highest BCUT2D eigenvalue weighted by molar-refractivity contribution is 7.89. The summed E-state index contributed by atoms with van der Waals surface area (Å²) in [5.41, 5.74) is 2.13. The summed E-state index contributed by atoms with van der Waals surface area (Å²) >= 11 is 7.30. The Labute approximate surface area is 204 Å². The maximum Gasteiger partial charge on any atom is 0.285 e. The monoisotopic (exact) mass is 522 g/mol. The maximum atomic E-state index is 14.1. The van der Waals surface area contributed by atoms with Crippen LogP contribution in [-0.2, 0) is 10.0 Å². The number of amides is 2. The van der Waals surface area contributed by atoms with Crippen LogP contribution in [0.5, 0.6) is 0 Å². The zero-order chi connectivity index (χ0) is 24.3. The molecule has 2 N–H and O–H groups in total. The maximum absolute atomic E-state index is 14.1. The van der Waals surface area contributed by atoms with E-state index < -0.39 is 27.7 Å². The fraction of sp³-hybridized carbons (Fsp3) is 0.227. The van der Waals surface area contributed by atoms with Gasteiger partial charge in [-0.3, -0.25) is 15.0 Å². The zero-order valence-electron chi connectivity index (χ0n) is 17.7. The lowest BCUT2D eigenvalue weighted by atomic mass is 9.97. The van der Waals surface area contributed by atoms with Gasteiger partial charge in [0.2, 0.25) is 0 Å². The molecule has 1 saturated heterocycles. The van der Waals surface area contributed by atoms with Crippen LogP contribution in [0.25, 0.3) is 0 Å². The van der Waals surface area contributed by atoms with Crippen molar-refractivity contribution in [2.24, 2.45) is 0 Å². The number of hydrazine groups is 1. The number of aromatic nitrogens is 1. The second-order valence-electron chi connectivity index (χ2n) is 7.61. The van der Waals surface area contributed by atoms with E-state index in [9.17, 15) is 22.4 Å². The zero-order valence-corrected chi connectivity index (χ0v) is 20.1. The fourth-order valence-corrected chi connectivity index (χ4v) is 5.68. The molecule has 0 radical (unpaired) electrons. The number of benzene rings is 2. The summed E-state index contributed by atoms with van der Waals surface area (Å²) in [4.78, 5) is 33.1. The normalized spacial score (nSPS) is 14.7. The van der Waals surface area contributed by atoms with Gasteiger partial charge in [0.15, 0.2) is 0 Å². The molecule has 0 bridgehead atoms. The van der Waals surface area contributed by atoms with Crippen LogP contribution in [0.4, 0.5) is 4.39 Å². The van der Waals surface area contributed by atoms with Gasteiger partial charge in [-0.15, -0.1) is 16.2 Å². The molecule has 1 fully saturated rings. The number of sulfonamides is 1. The fourth-order valence-electron chi connectivity index (χ4n) is 3.61. The first-order valence-corrected chi connectivity index (χ1v) is 13.1. The number of piperidine rings is 1. The van der Waals surface area contributed by atoms with Gasteiger partial charge in [0.25, 0.3) is 21.8 Å². The summed E-state index contributed by atoms with van der Waals surface area (Å²) in [5.74, 6) is -1.76. The van der Waals surface area contributed by atoms with Crippen molar-refractivity contribution < 1.29 is 22.4 Å². The average molecular weight is 523 g/mol. The van der Waals surface area contributed by atoms with E-state index in [-0.39, 0.29) is 27.1 Å². The number of nitrogens with zero attached hydrogens (tertiary/aromatic N) is 2. The lowest BCUT2D eigenvalue weighted by Gasteiger charge is -2.31.